The van der Waals surface area contributed by atoms with Gasteiger partial charge in [0.25, 0.3) is 5.69 Å². The number of hydrogen-bond donors (Lipinski definition) is 1. The van der Waals surface area contributed by atoms with Crippen molar-refractivity contribution in [2.24, 2.45) is 5.92 Å². The Morgan fingerprint density at radius 1 is 1.40 bits per heavy atom. The maximum Gasteiger partial charge on any atom is 0.287 e. The predicted molar refractivity (Wildman–Crippen MR) is 93.3 cm³/mol. The van der Waals surface area contributed by atoms with Crippen molar-refractivity contribution < 1.29 is 4.92 Å². The first-order valence-corrected chi connectivity index (χ1v) is 8.12. The number of aromatic nitrogens is 2. The van der Waals surface area contributed by atoms with Crippen molar-refractivity contribution in [3.63, 3.8) is 0 Å². The maximum atomic E-state index is 10.9. The number of benzene rings is 1. The minimum atomic E-state index is -0.540. The normalized spacial score (nSPS) is 16.9. The summed E-state index contributed by atoms with van der Waals surface area (Å²) in [5.41, 5.74) is 0.617. The number of piperidine rings is 1. The highest BCUT2D eigenvalue weighted by molar-refractivity contribution is 5.58. The smallest absolute Gasteiger partial charge is 0.287 e. The summed E-state index contributed by atoms with van der Waals surface area (Å²) in [4.78, 5) is 21.1. The average molecular weight is 338 g/mol. The molecule has 2 heterocycles. The summed E-state index contributed by atoms with van der Waals surface area (Å²) in [5.74, 6) is 1.16. The van der Waals surface area contributed by atoms with Gasteiger partial charge >= 0.3 is 0 Å². The van der Waals surface area contributed by atoms with Crippen LogP contribution in [0.25, 0.3) is 0 Å². The molecule has 1 fully saturated rings. The van der Waals surface area contributed by atoms with Gasteiger partial charge in [0.2, 0.25) is 5.95 Å². The Bertz CT molecular complexity index is 789. The third-order valence-electron chi connectivity index (χ3n) is 4.26. The molecule has 128 valence electrons. The van der Waals surface area contributed by atoms with Crippen LogP contribution in [0.5, 0.6) is 0 Å². The molecule has 0 saturated carbocycles. The fraction of sp³-hybridized carbons (Fsp3) is 0.353. The predicted octanol–water partition coefficient (Wildman–Crippen LogP) is 2.58. The van der Waals surface area contributed by atoms with E-state index in [0.717, 1.165) is 44.1 Å². The molecule has 0 amide bonds. The Morgan fingerprint density at radius 2 is 2.20 bits per heavy atom. The van der Waals surface area contributed by atoms with Gasteiger partial charge in [-0.3, -0.25) is 10.1 Å². The van der Waals surface area contributed by atoms with Crippen LogP contribution >= 0.6 is 0 Å². The summed E-state index contributed by atoms with van der Waals surface area (Å²) in [5, 5.41) is 23.2. The number of anilines is 2. The van der Waals surface area contributed by atoms with Crippen LogP contribution in [-0.2, 0) is 0 Å². The molecule has 0 aliphatic carbocycles. The molecule has 2 aromatic rings. The lowest BCUT2D eigenvalue weighted by atomic mass is 9.98. The highest BCUT2D eigenvalue weighted by Crippen LogP contribution is 2.24. The van der Waals surface area contributed by atoms with Crippen molar-refractivity contribution in [3.05, 3.63) is 52.3 Å². The van der Waals surface area contributed by atoms with Gasteiger partial charge in [-0.05, 0) is 37.0 Å². The lowest BCUT2D eigenvalue weighted by Crippen LogP contribution is -2.39. The molecule has 8 heteroatoms. The van der Waals surface area contributed by atoms with Crippen LogP contribution in [0.1, 0.15) is 18.4 Å². The number of nitro groups is 1. The van der Waals surface area contributed by atoms with Crippen molar-refractivity contribution in [2.75, 3.05) is 29.9 Å². The van der Waals surface area contributed by atoms with Crippen molar-refractivity contribution in [2.45, 2.75) is 12.8 Å². The minimum Gasteiger partial charge on any atom is -0.385 e. The summed E-state index contributed by atoms with van der Waals surface area (Å²) >= 11 is 0. The number of hydrogen-bond acceptors (Lipinski definition) is 7. The molecular weight excluding hydrogens is 320 g/mol. The average Bonchev–Trinajstić information content (AvgIpc) is 2.67. The fourth-order valence-electron chi connectivity index (χ4n) is 3.02. The monoisotopic (exact) mass is 338 g/mol. The lowest BCUT2D eigenvalue weighted by molar-refractivity contribution is -0.385. The summed E-state index contributed by atoms with van der Waals surface area (Å²) in [7, 11) is 0. The van der Waals surface area contributed by atoms with Crippen LogP contribution in [0, 0.1) is 27.4 Å². The number of nitriles is 1. The first-order chi connectivity index (χ1) is 12.2. The third kappa shape index (κ3) is 4.01. The number of nitrogens with one attached hydrogen (secondary N) is 1. The highest BCUT2D eigenvalue weighted by atomic mass is 16.6. The molecular formula is C17H18N6O2. The second-order valence-electron chi connectivity index (χ2n) is 5.98. The van der Waals surface area contributed by atoms with E-state index in [1.807, 2.05) is 6.07 Å². The molecule has 8 nitrogen and oxygen atoms in total. The second-order valence-corrected chi connectivity index (χ2v) is 5.98. The Hall–Kier alpha value is -3.21. The van der Waals surface area contributed by atoms with Crippen LogP contribution in [-0.4, -0.2) is 34.5 Å². The molecule has 1 unspecified atom stereocenters. The van der Waals surface area contributed by atoms with E-state index in [0.29, 0.717) is 5.92 Å². The van der Waals surface area contributed by atoms with E-state index in [4.69, 9.17) is 5.26 Å². The quantitative estimate of drug-likeness (QED) is 0.659. The van der Waals surface area contributed by atoms with Crippen LogP contribution in [0.3, 0.4) is 0 Å². The topological polar surface area (TPSA) is 108 Å². The Kier molecular flexibility index (Phi) is 5.04. The van der Waals surface area contributed by atoms with Crippen molar-refractivity contribution in [1.29, 1.82) is 5.26 Å². The van der Waals surface area contributed by atoms with Crippen molar-refractivity contribution >= 4 is 17.3 Å². The largest absolute Gasteiger partial charge is 0.385 e. The van der Waals surface area contributed by atoms with Gasteiger partial charge in [0, 0.05) is 43.8 Å². The third-order valence-corrected chi connectivity index (χ3v) is 4.26. The van der Waals surface area contributed by atoms with Gasteiger partial charge in [0.15, 0.2) is 0 Å². The molecule has 3 rings (SSSR count). The summed E-state index contributed by atoms with van der Waals surface area (Å²) in [6.45, 7) is 2.53. The van der Waals surface area contributed by atoms with E-state index in [2.05, 4.69) is 20.2 Å². The van der Waals surface area contributed by atoms with Crippen molar-refractivity contribution in [1.82, 2.24) is 9.97 Å². The van der Waals surface area contributed by atoms with Gasteiger partial charge in [-0.2, -0.15) is 5.26 Å². The van der Waals surface area contributed by atoms with E-state index in [1.54, 1.807) is 24.5 Å². The van der Waals surface area contributed by atoms with Crippen LogP contribution in [0.4, 0.5) is 17.3 Å². The Labute approximate surface area is 145 Å². The molecule has 1 aromatic heterocycles. The van der Waals surface area contributed by atoms with Crippen LogP contribution in [0.2, 0.25) is 0 Å². The zero-order valence-corrected chi connectivity index (χ0v) is 13.6. The van der Waals surface area contributed by atoms with Gasteiger partial charge in [0.05, 0.1) is 4.92 Å². The molecule has 25 heavy (non-hydrogen) atoms. The minimum absolute atomic E-state index is 0.0676. The molecule has 1 N–H and O–H groups in total. The first kappa shape index (κ1) is 16.6. The number of nitrogens with zero attached hydrogens (tertiary/aromatic N) is 5. The summed E-state index contributed by atoms with van der Waals surface area (Å²) < 4.78 is 0. The van der Waals surface area contributed by atoms with Gasteiger partial charge < -0.3 is 10.2 Å². The van der Waals surface area contributed by atoms with Gasteiger partial charge in [-0.1, -0.05) is 0 Å². The van der Waals surface area contributed by atoms with Crippen LogP contribution in [0.15, 0.2) is 36.7 Å². The van der Waals surface area contributed by atoms with Gasteiger partial charge in [-0.25, -0.2) is 9.97 Å². The molecule has 1 aromatic carbocycles. The van der Waals surface area contributed by atoms with E-state index >= 15 is 0 Å². The maximum absolute atomic E-state index is 10.9. The van der Waals surface area contributed by atoms with Gasteiger partial charge in [-0.15, -0.1) is 0 Å². The molecule has 0 bridgehead atoms. The zero-order valence-electron chi connectivity index (χ0n) is 13.6. The summed E-state index contributed by atoms with van der Waals surface area (Å²) in [6, 6.07) is 8.21. The first-order valence-electron chi connectivity index (χ1n) is 8.12. The molecule has 1 aliphatic rings. The molecule has 1 atom stereocenters. The van der Waals surface area contributed by atoms with Gasteiger partial charge in [0.1, 0.15) is 11.6 Å². The SMILES string of the molecule is N#Cc1cc(NCC2CCCN(c3ncccn3)C2)ccc1[N+](=O)[O-]. The van der Waals surface area contributed by atoms with Crippen molar-refractivity contribution in [3.8, 4) is 6.07 Å². The fourth-order valence-corrected chi connectivity index (χ4v) is 3.02. The lowest BCUT2D eigenvalue weighted by Gasteiger charge is -2.32. The van der Waals surface area contributed by atoms with Crippen LogP contribution < -0.4 is 10.2 Å². The van der Waals surface area contributed by atoms with E-state index in [1.165, 1.54) is 12.1 Å². The number of rotatable bonds is 5. The Balaban J connectivity index is 1.62. The molecule has 1 aliphatic heterocycles. The summed E-state index contributed by atoms with van der Waals surface area (Å²) in [6.07, 6.45) is 5.64. The van der Waals surface area contributed by atoms with E-state index in [-0.39, 0.29) is 11.3 Å². The van der Waals surface area contributed by atoms with E-state index in [9.17, 15) is 10.1 Å². The highest BCUT2D eigenvalue weighted by Gasteiger charge is 2.21. The molecule has 1 saturated heterocycles. The number of nitro benzene ring substituents is 1. The Morgan fingerprint density at radius 3 is 2.92 bits per heavy atom. The molecule has 0 spiro atoms. The molecule has 0 radical (unpaired) electrons. The second kappa shape index (κ2) is 7.57. The zero-order chi connectivity index (χ0) is 17.6. The van der Waals surface area contributed by atoms with E-state index < -0.39 is 4.92 Å². The standard InChI is InChI=1S/C17H18N6O2/c18-10-14-9-15(4-5-16(14)23(24)25)21-11-13-3-1-8-22(12-13)17-19-6-2-7-20-17/h2,4-7,9,13,21H,1,3,8,11-12H2.